The van der Waals surface area contributed by atoms with Crippen LogP contribution < -0.4 is 0 Å². The highest BCUT2D eigenvalue weighted by Crippen LogP contribution is 2.55. The van der Waals surface area contributed by atoms with E-state index in [-0.39, 0.29) is 0 Å². The molecule has 0 rings (SSSR count). The smallest absolute Gasteiger partial charge is 0.0181 e. The zero-order chi connectivity index (χ0) is 7.95. The lowest BCUT2D eigenvalue weighted by Gasteiger charge is -2.51. The van der Waals surface area contributed by atoms with Gasteiger partial charge in [0.05, 0.1) is 0 Å². The van der Waals surface area contributed by atoms with Gasteiger partial charge in [-0.05, 0) is 37.5 Å². The average Bonchev–Trinajstić information content (AvgIpc) is 1.20. The van der Waals surface area contributed by atoms with Crippen molar-refractivity contribution in [3.63, 3.8) is 0 Å². The third-order valence-electron chi connectivity index (χ3n) is 1.75. The Morgan fingerprint density at radius 1 is 1.00 bits per heavy atom. The first-order valence-electron chi connectivity index (χ1n) is 2.82. The molecule has 9 heavy (non-hydrogen) atoms. The summed E-state index contributed by atoms with van der Waals surface area (Å²) in [6.45, 7) is 0. The lowest BCUT2D eigenvalue weighted by atomic mass is 11.9. The third-order valence-corrected chi connectivity index (χ3v) is 15.7. The second-order valence-corrected chi connectivity index (χ2v) is 18.9. The molecule has 0 aliphatic heterocycles. The topological polar surface area (TPSA) is 23.9 Å². The third kappa shape index (κ3) is 2.30. The Morgan fingerprint density at radius 2 is 1.11 bits per heavy atom. The predicted octanol–water partition coefficient (Wildman–Crippen LogP) is 1.94. The molecule has 0 saturated carbocycles. The largest absolute Gasteiger partial charge is 0.291 e. The van der Waals surface area contributed by atoms with Gasteiger partial charge in [0.2, 0.25) is 0 Å². The maximum absolute atomic E-state index is 8.08. The molecule has 0 amide bonds. The Kier molecular flexibility index (Phi) is 1.85. The van der Waals surface area contributed by atoms with Crippen molar-refractivity contribution in [2.75, 3.05) is 37.5 Å². The fourth-order valence-electron chi connectivity index (χ4n) is 0. The minimum Gasteiger partial charge on any atom is -0.291 e. The molecule has 0 saturated heterocycles. The van der Waals surface area contributed by atoms with E-state index < -0.39 is 17.0 Å². The van der Waals surface area contributed by atoms with Crippen molar-refractivity contribution in [2.24, 2.45) is 0 Å². The first-order chi connectivity index (χ1) is 3.51. The molecule has 0 aliphatic carbocycles. The van der Waals surface area contributed by atoms with Crippen molar-refractivity contribution >= 4 is 17.0 Å². The van der Waals surface area contributed by atoms with Gasteiger partial charge in [-0.2, -0.15) is 7.99 Å². The Morgan fingerprint density at radius 3 is 1.11 bits per heavy atom. The average molecular weight is 169 g/mol. The van der Waals surface area contributed by atoms with E-state index in [2.05, 4.69) is 37.5 Å². The van der Waals surface area contributed by atoms with Crippen LogP contribution in [0.5, 0.6) is 0 Å². The number of rotatable bonds is 1. The highest BCUT2D eigenvalue weighted by molar-refractivity contribution is 9.00. The molecule has 60 valence electrons. The van der Waals surface area contributed by atoms with Crippen LogP contribution in [0.3, 0.4) is 0 Å². The maximum atomic E-state index is 8.08. The summed E-state index contributed by atoms with van der Waals surface area (Å²) >= 11 is 0. The molecule has 0 aromatic rings. The van der Waals surface area contributed by atoms with Crippen LogP contribution in [0, 0.1) is 4.78 Å². The molecule has 0 aromatic carbocycles. The van der Waals surface area contributed by atoms with Crippen LogP contribution in [0.1, 0.15) is 0 Å². The molecule has 0 fully saturated rings. The summed E-state index contributed by atoms with van der Waals surface area (Å²) in [6, 6.07) is 0. The van der Waals surface area contributed by atoms with E-state index in [1.165, 1.54) is 0 Å². The fraction of sp³-hybridized carbons (Fsp3) is 1.00. The van der Waals surface area contributed by atoms with Crippen LogP contribution in [0.25, 0.3) is 0 Å². The van der Waals surface area contributed by atoms with Crippen LogP contribution >= 0.6 is 9.06 Å². The first-order valence-corrected chi connectivity index (χ1v) is 9.46. The van der Waals surface area contributed by atoms with Crippen molar-refractivity contribution in [3.8, 4) is 0 Å². The summed E-state index contributed by atoms with van der Waals surface area (Å²) in [6.07, 6.45) is 13.0. The Bertz CT molecular complexity index is 159. The van der Waals surface area contributed by atoms with Gasteiger partial charge in [-0.3, -0.25) is 4.78 Å². The standard InChI is InChI=1S/C6H19NS2/c1-8(2,3)9(4,5,6)7/h7H,1-6H3. The Balaban J connectivity index is 4.80. The van der Waals surface area contributed by atoms with E-state index in [1.54, 1.807) is 0 Å². The summed E-state index contributed by atoms with van der Waals surface area (Å²) in [5, 5.41) is 0. The Hall–Kier alpha value is 0.500. The summed E-state index contributed by atoms with van der Waals surface area (Å²) in [4.78, 5) is 0. The van der Waals surface area contributed by atoms with Crippen molar-refractivity contribution < 1.29 is 0 Å². The van der Waals surface area contributed by atoms with E-state index in [9.17, 15) is 0 Å². The molecule has 0 aromatic heterocycles. The monoisotopic (exact) mass is 169 g/mol. The highest BCUT2D eigenvalue weighted by Gasteiger charge is 2.25. The van der Waals surface area contributed by atoms with Gasteiger partial charge in [0.1, 0.15) is 0 Å². The molecule has 1 N–H and O–H groups in total. The quantitative estimate of drug-likeness (QED) is 0.580. The van der Waals surface area contributed by atoms with Gasteiger partial charge in [-0.25, -0.2) is 9.06 Å². The van der Waals surface area contributed by atoms with Crippen molar-refractivity contribution in [2.45, 2.75) is 0 Å². The fourth-order valence-corrected chi connectivity index (χ4v) is 0. The predicted molar refractivity (Wildman–Crippen MR) is 53.2 cm³/mol. The molecule has 1 nitrogen and oxygen atoms in total. The Labute approximate surface area is 59.8 Å². The molecule has 0 radical (unpaired) electrons. The first kappa shape index (κ1) is 9.50. The van der Waals surface area contributed by atoms with Crippen molar-refractivity contribution in [1.29, 1.82) is 4.78 Å². The van der Waals surface area contributed by atoms with Gasteiger partial charge < -0.3 is 0 Å². The molecule has 0 aliphatic rings. The SMILES string of the molecule is CS(C)(C)S(C)(C)(C)=N. The van der Waals surface area contributed by atoms with Crippen LogP contribution in [0.2, 0.25) is 0 Å². The second-order valence-electron chi connectivity index (χ2n) is 4.15. The summed E-state index contributed by atoms with van der Waals surface area (Å²) in [5.41, 5.74) is 0. The van der Waals surface area contributed by atoms with Gasteiger partial charge in [0.15, 0.2) is 0 Å². The van der Waals surface area contributed by atoms with E-state index in [0.717, 1.165) is 0 Å². The van der Waals surface area contributed by atoms with Crippen LogP contribution in [0.15, 0.2) is 0 Å². The van der Waals surface area contributed by atoms with E-state index in [4.69, 9.17) is 4.78 Å². The summed E-state index contributed by atoms with van der Waals surface area (Å²) < 4.78 is 8.08. The van der Waals surface area contributed by atoms with E-state index in [0.29, 0.717) is 0 Å². The van der Waals surface area contributed by atoms with Gasteiger partial charge in [-0.1, -0.05) is 0 Å². The second kappa shape index (κ2) is 1.76. The molecule has 0 heterocycles. The van der Waals surface area contributed by atoms with Gasteiger partial charge in [-0.15, -0.1) is 0 Å². The van der Waals surface area contributed by atoms with E-state index >= 15 is 0 Å². The number of hydrogen-bond acceptors (Lipinski definition) is 1. The van der Waals surface area contributed by atoms with Crippen molar-refractivity contribution in [3.05, 3.63) is 0 Å². The zero-order valence-corrected chi connectivity index (χ0v) is 8.95. The van der Waals surface area contributed by atoms with Crippen LogP contribution in [-0.4, -0.2) is 37.5 Å². The number of hydrogen-bond donors (Lipinski definition) is 1. The van der Waals surface area contributed by atoms with Crippen molar-refractivity contribution in [1.82, 2.24) is 0 Å². The lowest BCUT2D eigenvalue weighted by Crippen LogP contribution is -2.30. The maximum Gasteiger partial charge on any atom is -0.0181 e. The molecular weight excluding hydrogens is 150 g/mol. The molecule has 3 heteroatoms. The summed E-state index contributed by atoms with van der Waals surface area (Å²) in [5.74, 6) is 0. The van der Waals surface area contributed by atoms with Crippen LogP contribution in [0.4, 0.5) is 0 Å². The molecule has 0 unspecified atom stereocenters. The minimum absolute atomic E-state index is 0.665. The molecule has 0 spiro atoms. The molecule has 0 atom stereocenters. The van der Waals surface area contributed by atoms with E-state index in [1.807, 2.05) is 0 Å². The van der Waals surface area contributed by atoms with Crippen LogP contribution in [-0.2, 0) is 7.99 Å². The molecular formula is C6H19NS2. The van der Waals surface area contributed by atoms with Gasteiger partial charge in [0.25, 0.3) is 0 Å². The van der Waals surface area contributed by atoms with Gasteiger partial charge in [0, 0.05) is 0 Å². The zero-order valence-electron chi connectivity index (χ0n) is 7.32. The molecule has 0 bridgehead atoms. The lowest BCUT2D eigenvalue weighted by molar-refractivity contribution is 1.59. The van der Waals surface area contributed by atoms with Gasteiger partial charge >= 0.3 is 0 Å². The number of nitrogens with one attached hydrogen (secondary N) is 1. The highest BCUT2D eigenvalue weighted by atomic mass is 33.2. The minimum atomic E-state index is -1.75. The normalized spacial score (nSPS) is 20.4. The summed E-state index contributed by atoms with van der Waals surface area (Å²) in [7, 11) is -2.42.